The molecule has 0 aromatic carbocycles. The maximum Gasteiger partial charge on any atom is 0.121 e. The number of hydrogen-bond donors (Lipinski definition) is 1. The highest BCUT2D eigenvalue weighted by atomic mass is 16.5. The van der Waals surface area contributed by atoms with Crippen LogP contribution in [-0.4, -0.2) is 57.6 Å². The van der Waals surface area contributed by atoms with E-state index in [-0.39, 0.29) is 0 Å². The summed E-state index contributed by atoms with van der Waals surface area (Å²) in [6.07, 6.45) is 5.28. The van der Waals surface area contributed by atoms with E-state index in [1.807, 2.05) is 0 Å². The molecule has 94 valence electrons. The fourth-order valence-corrected chi connectivity index (χ4v) is 2.66. The zero-order valence-electron chi connectivity index (χ0n) is 10.6. The molecule has 2 unspecified atom stereocenters. The summed E-state index contributed by atoms with van der Waals surface area (Å²) >= 11 is 0. The van der Waals surface area contributed by atoms with Gasteiger partial charge in [0, 0.05) is 26.9 Å². The topological polar surface area (TPSA) is 26.1 Å². The molecule has 2 saturated heterocycles. The van der Waals surface area contributed by atoms with Gasteiger partial charge in [-0.1, -0.05) is 0 Å². The van der Waals surface area contributed by atoms with Crippen molar-refractivity contribution in [3.8, 4) is 0 Å². The van der Waals surface area contributed by atoms with Crippen molar-refractivity contribution in [2.45, 2.75) is 37.8 Å². The molecular formula is C12H25N2O2+. The maximum absolute atomic E-state index is 5.69. The summed E-state index contributed by atoms with van der Waals surface area (Å²) in [6.45, 7) is 3.90. The van der Waals surface area contributed by atoms with Crippen molar-refractivity contribution < 1.29 is 14.5 Å². The third-order valence-corrected chi connectivity index (χ3v) is 3.89. The van der Waals surface area contributed by atoms with Crippen LogP contribution >= 0.6 is 0 Å². The van der Waals surface area contributed by atoms with E-state index in [1.165, 1.54) is 30.7 Å². The number of likely N-dealkylation sites (N-methyl/N-ethyl adjacent to an activating group) is 1. The molecule has 2 rings (SSSR count). The molecule has 0 radical (unpaired) electrons. The Hall–Kier alpha value is -0.160. The van der Waals surface area contributed by atoms with Gasteiger partial charge in [0.25, 0.3) is 0 Å². The van der Waals surface area contributed by atoms with Crippen LogP contribution in [0.15, 0.2) is 0 Å². The van der Waals surface area contributed by atoms with Crippen LogP contribution in [0.2, 0.25) is 0 Å². The van der Waals surface area contributed by atoms with Gasteiger partial charge in [-0.05, 0) is 25.7 Å². The van der Waals surface area contributed by atoms with Crippen molar-refractivity contribution in [1.29, 1.82) is 0 Å². The fraction of sp³-hybridized carbons (Fsp3) is 1.00. The Bertz CT molecular complexity index is 201. The molecule has 1 N–H and O–H groups in total. The van der Waals surface area contributed by atoms with Crippen LogP contribution in [-0.2, 0) is 9.47 Å². The van der Waals surface area contributed by atoms with E-state index < -0.39 is 0 Å². The van der Waals surface area contributed by atoms with Crippen molar-refractivity contribution in [3.05, 3.63) is 0 Å². The van der Waals surface area contributed by atoms with Crippen LogP contribution in [0.4, 0.5) is 0 Å². The lowest BCUT2D eigenvalue weighted by molar-refractivity contribution is -1.00. The number of quaternary nitrogens is 1. The Labute approximate surface area is 98.5 Å². The molecule has 0 aromatic heterocycles. The largest absolute Gasteiger partial charge is 0.381 e. The highest BCUT2D eigenvalue weighted by Gasteiger charge is 2.27. The Kier molecular flexibility index (Phi) is 4.58. The summed E-state index contributed by atoms with van der Waals surface area (Å²) in [5.74, 6) is 0. The zero-order valence-corrected chi connectivity index (χ0v) is 10.6. The zero-order chi connectivity index (χ0) is 11.4. The second kappa shape index (κ2) is 5.96. The Morgan fingerprint density at radius 3 is 2.56 bits per heavy atom. The minimum Gasteiger partial charge on any atom is -0.381 e. The SMILES string of the molecule is CN(C1CCOCC1)[NH+](C)CC1CCCO1. The molecular weight excluding hydrogens is 204 g/mol. The Morgan fingerprint density at radius 2 is 1.94 bits per heavy atom. The Morgan fingerprint density at radius 1 is 1.19 bits per heavy atom. The molecule has 2 atom stereocenters. The second-order valence-corrected chi connectivity index (χ2v) is 5.03. The first-order chi connectivity index (χ1) is 7.77. The molecule has 2 aliphatic heterocycles. The van der Waals surface area contributed by atoms with Gasteiger partial charge in [0.1, 0.15) is 12.6 Å². The van der Waals surface area contributed by atoms with Gasteiger partial charge >= 0.3 is 0 Å². The minimum atomic E-state index is 0.474. The highest BCUT2D eigenvalue weighted by Crippen LogP contribution is 2.11. The minimum absolute atomic E-state index is 0.474. The van der Waals surface area contributed by atoms with Gasteiger partial charge in [0.05, 0.1) is 13.1 Å². The summed E-state index contributed by atoms with van der Waals surface area (Å²) in [4.78, 5) is 0. The molecule has 0 saturated carbocycles. The molecule has 0 amide bonds. The average Bonchev–Trinajstić information content (AvgIpc) is 2.82. The van der Waals surface area contributed by atoms with Crippen molar-refractivity contribution in [2.75, 3.05) is 40.5 Å². The predicted octanol–water partition coefficient (Wildman–Crippen LogP) is -0.294. The second-order valence-electron chi connectivity index (χ2n) is 5.03. The van der Waals surface area contributed by atoms with E-state index in [0.717, 1.165) is 26.4 Å². The number of hydrogen-bond acceptors (Lipinski definition) is 3. The molecule has 2 heterocycles. The first-order valence-electron chi connectivity index (χ1n) is 6.52. The van der Waals surface area contributed by atoms with Crippen molar-refractivity contribution in [1.82, 2.24) is 5.01 Å². The van der Waals surface area contributed by atoms with Crippen molar-refractivity contribution >= 4 is 0 Å². The molecule has 16 heavy (non-hydrogen) atoms. The third kappa shape index (κ3) is 3.17. The van der Waals surface area contributed by atoms with Crippen molar-refractivity contribution in [3.63, 3.8) is 0 Å². The van der Waals surface area contributed by atoms with Gasteiger partial charge < -0.3 is 9.47 Å². The quantitative estimate of drug-likeness (QED) is 0.671. The first kappa shape index (κ1) is 12.3. The predicted molar refractivity (Wildman–Crippen MR) is 62.3 cm³/mol. The summed E-state index contributed by atoms with van der Waals surface area (Å²) < 4.78 is 11.1. The van der Waals surface area contributed by atoms with E-state index in [4.69, 9.17) is 9.47 Å². The molecule has 0 aromatic rings. The van der Waals surface area contributed by atoms with Crippen molar-refractivity contribution in [2.24, 2.45) is 0 Å². The smallest absolute Gasteiger partial charge is 0.121 e. The summed E-state index contributed by atoms with van der Waals surface area (Å²) in [6, 6.07) is 0.676. The molecule has 0 bridgehead atoms. The molecule has 4 heteroatoms. The van der Waals surface area contributed by atoms with Crippen LogP contribution in [0.3, 0.4) is 0 Å². The summed E-state index contributed by atoms with van der Waals surface area (Å²) in [5.41, 5.74) is 0. The van der Waals surface area contributed by atoms with Gasteiger partial charge in [-0.2, -0.15) is 5.01 Å². The fourth-order valence-electron chi connectivity index (χ4n) is 2.66. The molecule has 4 nitrogen and oxygen atoms in total. The molecule has 2 aliphatic rings. The van der Waals surface area contributed by atoms with Gasteiger partial charge in [0.2, 0.25) is 0 Å². The van der Waals surface area contributed by atoms with Gasteiger partial charge in [0.15, 0.2) is 0 Å². The third-order valence-electron chi connectivity index (χ3n) is 3.89. The van der Waals surface area contributed by atoms with E-state index in [9.17, 15) is 0 Å². The van der Waals surface area contributed by atoms with Crippen LogP contribution in [0.25, 0.3) is 0 Å². The maximum atomic E-state index is 5.69. The van der Waals surface area contributed by atoms with Crippen LogP contribution in [0, 0.1) is 0 Å². The number of nitrogens with zero attached hydrogens (tertiary/aromatic N) is 1. The monoisotopic (exact) mass is 229 g/mol. The van der Waals surface area contributed by atoms with Crippen LogP contribution < -0.4 is 5.01 Å². The average molecular weight is 229 g/mol. The molecule has 0 aliphatic carbocycles. The van der Waals surface area contributed by atoms with E-state index in [0.29, 0.717) is 12.1 Å². The normalized spacial score (nSPS) is 29.8. The Balaban J connectivity index is 1.75. The summed E-state index contributed by atoms with van der Waals surface area (Å²) in [5, 5.41) is 3.92. The first-order valence-corrected chi connectivity index (χ1v) is 6.52. The molecule has 2 fully saturated rings. The van der Waals surface area contributed by atoms with E-state index >= 15 is 0 Å². The summed E-state index contributed by atoms with van der Waals surface area (Å²) in [7, 11) is 4.47. The number of nitrogens with one attached hydrogen (secondary N) is 1. The van der Waals surface area contributed by atoms with Crippen LogP contribution in [0.1, 0.15) is 25.7 Å². The lowest BCUT2D eigenvalue weighted by atomic mass is 10.1. The lowest BCUT2D eigenvalue weighted by Crippen LogP contribution is -3.17. The highest BCUT2D eigenvalue weighted by molar-refractivity contribution is 4.67. The standard InChI is InChI=1S/C12H24N2O2/c1-13(10-12-4-3-7-16-12)14(2)11-5-8-15-9-6-11/h11-12H,3-10H2,1-2H3/p+1. The van der Waals surface area contributed by atoms with Gasteiger partial charge in [-0.25, -0.2) is 0 Å². The number of ether oxygens (including phenoxy) is 2. The van der Waals surface area contributed by atoms with E-state index in [2.05, 4.69) is 19.1 Å². The van der Waals surface area contributed by atoms with E-state index in [1.54, 1.807) is 0 Å². The number of rotatable bonds is 4. The van der Waals surface area contributed by atoms with Gasteiger partial charge in [-0.3, -0.25) is 5.01 Å². The van der Waals surface area contributed by atoms with Gasteiger partial charge in [-0.15, -0.1) is 0 Å². The lowest BCUT2D eigenvalue weighted by Gasteiger charge is -2.34. The molecule has 0 spiro atoms. The van der Waals surface area contributed by atoms with Crippen LogP contribution in [0.5, 0.6) is 0 Å².